The summed E-state index contributed by atoms with van der Waals surface area (Å²) in [6.45, 7) is 3.10. The van der Waals surface area contributed by atoms with Crippen LogP contribution in [0.25, 0.3) is 0 Å². The lowest BCUT2D eigenvalue weighted by Gasteiger charge is -2.00. The molecule has 2 heteroatoms. The van der Waals surface area contributed by atoms with Gasteiger partial charge in [-0.05, 0) is 6.42 Å². The Hall–Kier alpha value is -1.05. The van der Waals surface area contributed by atoms with Crippen LogP contribution in [0.1, 0.15) is 13.3 Å². The monoisotopic (exact) mass is 137 g/mol. The molecule has 1 rings (SSSR count). The van der Waals surface area contributed by atoms with Crippen LogP contribution in [-0.4, -0.2) is 4.57 Å². The van der Waals surface area contributed by atoms with Crippen molar-refractivity contribution in [2.75, 3.05) is 0 Å². The maximum Gasteiger partial charge on any atom is 0.181 e. The lowest BCUT2D eigenvalue weighted by atomic mass is 10.4. The molecule has 0 bridgehead atoms. The molecule has 1 aromatic rings. The van der Waals surface area contributed by atoms with E-state index in [2.05, 4.69) is 6.92 Å². The average Bonchev–Trinajstić information content (AvgIpc) is 1.95. The minimum absolute atomic E-state index is 0.0763. The molecule has 2 nitrogen and oxygen atoms in total. The van der Waals surface area contributed by atoms with Gasteiger partial charge in [0.25, 0.3) is 0 Å². The van der Waals surface area contributed by atoms with Crippen LogP contribution in [0.15, 0.2) is 29.3 Å². The van der Waals surface area contributed by atoms with Gasteiger partial charge >= 0.3 is 0 Å². The third kappa shape index (κ3) is 1.72. The van der Waals surface area contributed by atoms with E-state index in [1.807, 2.05) is 17.0 Å². The lowest BCUT2D eigenvalue weighted by molar-refractivity contribution is 0.673. The largest absolute Gasteiger partial charge is 0.354 e. The summed E-state index contributed by atoms with van der Waals surface area (Å²) in [4.78, 5) is 10.6. The smallest absolute Gasteiger partial charge is 0.181 e. The van der Waals surface area contributed by atoms with Gasteiger partial charge in [0.1, 0.15) is 0 Å². The second-order valence-corrected chi connectivity index (χ2v) is 2.27. The first-order chi connectivity index (χ1) is 4.83. The van der Waals surface area contributed by atoms with E-state index in [4.69, 9.17) is 0 Å². The van der Waals surface area contributed by atoms with Gasteiger partial charge in [-0.25, -0.2) is 0 Å². The Bertz CT molecular complexity index is 231. The molecule has 0 aliphatic heterocycles. The normalized spacial score (nSPS) is 9.70. The highest BCUT2D eigenvalue weighted by Gasteiger charge is 1.84. The molecule has 1 aromatic heterocycles. The van der Waals surface area contributed by atoms with E-state index >= 15 is 0 Å². The number of aryl methyl sites for hydroxylation is 1. The number of rotatable bonds is 2. The predicted octanol–water partition coefficient (Wildman–Crippen LogP) is 1.26. The highest BCUT2D eigenvalue weighted by Crippen LogP contribution is 1.86. The number of pyridine rings is 1. The molecule has 0 N–H and O–H groups in total. The van der Waals surface area contributed by atoms with Crippen LogP contribution >= 0.6 is 0 Å². The lowest BCUT2D eigenvalue weighted by Crippen LogP contribution is -2.02. The highest BCUT2D eigenvalue weighted by atomic mass is 16.1. The van der Waals surface area contributed by atoms with E-state index in [1.54, 1.807) is 12.1 Å². The quantitative estimate of drug-likeness (QED) is 0.601. The summed E-state index contributed by atoms with van der Waals surface area (Å²) in [5.74, 6) is 0. The van der Waals surface area contributed by atoms with Crippen LogP contribution in [0.5, 0.6) is 0 Å². The minimum Gasteiger partial charge on any atom is -0.354 e. The first-order valence-electron chi connectivity index (χ1n) is 3.49. The van der Waals surface area contributed by atoms with Crippen molar-refractivity contribution in [3.05, 3.63) is 34.7 Å². The fraction of sp³-hybridized carbons (Fsp3) is 0.375. The van der Waals surface area contributed by atoms with E-state index in [0.29, 0.717) is 0 Å². The zero-order chi connectivity index (χ0) is 7.40. The van der Waals surface area contributed by atoms with E-state index in [0.717, 1.165) is 13.0 Å². The molecule has 0 unspecified atom stereocenters. The van der Waals surface area contributed by atoms with Crippen LogP contribution in [0.3, 0.4) is 0 Å². The summed E-state index contributed by atoms with van der Waals surface area (Å²) >= 11 is 0. The van der Waals surface area contributed by atoms with Gasteiger partial charge in [0.2, 0.25) is 0 Å². The van der Waals surface area contributed by atoms with Crippen molar-refractivity contribution in [1.29, 1.82) is 0 Å². The fourth-order valence-electron chi connectivity index (χ4n) is 0.851. The molecule has 0 aliphatic carbocycles. The summed E-state index contributed by atoms with van der Waals surface area (Å²) in [6.07, 6.45) is 4.72. The van der Waals surface area contributed by atoms with Gasteiger partial charge in [0, 0.05) is 31.1 Å². The second-order valence-electron chi connectivity index (χ2n) is 2.27. The second kappa shape index (κ2) is 3.20. The molecule has 10 heavy (non-hydrogen) atoms. The summed E-state index contributed by atoms with van der Waals surface area (Å²) in [6, 6.07) is 3.16. The number of nitrogens with zero attached hydrogens (tertiary/aromatic N) is 1. The van der Waals surface area contributed by atoms with Crippen molar-refractivity contribution in [3.8, 4) is 0 Å². The van der Waals surface area contributed by atoms with Gasteiger partial charge in [0.05, 0.1) is 0 Å². The Labute approximate surface area is 60.1 Å². The first kappa shape index (κ1) is 7.06. The molecule has 1 heterocycles. The molecule has 0 saturated carbocycles. The summed E-state index contributed by atoms with van der Waals surface area (Å²) in [5.41, 5.74) is 0.0763. The Morgan fingerprint density at radius 1 is 1.40 bits per heavy atom. The standard InChI is InChI=1S/C8H11NO/c1-2-5-9-6-3-8(10)4-7-9/h3-4,6-7H,2,5H2,1H3. The number of aromatic nitrogens is 1. The molecule has 0 radical (unpaired) electrons. The van der Waals surface area contributed by atoms with Gasteiger partial charge in [-0.15, -0.1) is 0 Å². The summed E-state index contributed by atoms with van der Waals surface area (Å²) < 4.78 is 2.00. The molecule has 0 aromatic carbocycles. The van der Waals surface area contributed by atoms with Crippen molar-refractivity contribution in [2.45, 2.75) is 19.9 Å². The zero-order valence-corrected chi connectivity index (χ0v) is 6.08. The predicted molar refractivity (Wildman–Crippen MR) is 41.0 cm³/mol. The molecule has 0 fully saturated rings. The average molecular weight is 137 g/mol. The van der Waals surface area contributed by atoms with Crippen molar-refractivity contribution >= 4 is 0 Å². The SMILES string of the molecule is CCCn1ccc(=O)cc1. The number of hydrogen-bond donors (Lipinski definition) is 0. The minimum atomic E-state index is 0.0763. The van der Waals surface area contributed by atoms with Crippen LogP contribution in [-0.2, 0) is 6.54 Å². The zero-order valence-electron chi connectivity index (χ0n) is 6.08. The van der Waals surface area contributed by atoms with Crippen molar-refractivity contribution in [2.24, 2.45) is 0 Å². The van der Waals surface area contributed by atoms with E-state index < -0.39 is 0 Å². The van der Waals surface area contributed by atoms with Crippen LogP contribution in [0.2, 0.25) is 0 Å². The first-order valence-corrected chi connectivity index (χ1v) is 3.49. The topological polar surface area (TPSA) is 22.0 Å². The van der Waals surface area contributed by atoms with Crippen molar-refractivity contribution < 1.29 is 0 Å². The Morgan fingerprint density at radius 2 is 2.00 bits per heavy atom. The molecule has 54 valence electrons. The van der Waals surface area contributed by atoms with Gasteiger partial charge in [0.15, 0.2) is 5.43 Å². The van der Waals surface area contributed by atoms with Gasteiger partial charge in [-0.3, -0.25) is 4.79 Å². The third-order valence-electron chi connectivity index (χ3n) is 1.34. The molecule has 0 aliphatic rings. The number of hydrogen-bond acceptors (Lipinski definition) is 1. The maximum atomic E-state index is 10.6. The van der Waals surface area contributed by atoms with Gasteiger partial charge in [-0.2, -0.15) is 0 Å². The van der Waals surface area contributed by atoms with Crippen LogP contribution in [0.4, 0.5) is 0 Å². The molecular weight excluding hydrogens is 126 g/mol. The molecular formula is C8H11NO. The molecule has 0 saturated heterocycles. The van der Waals surface area contributed by atoms with Crippen molar-refractivity contribution in [3.63, 3.8) is 0 Å². The van der Waals surface area contributed by atoms with E-state index in [1.165, 1.54) is 0 Å². The highest BCUT2D eigenvalue weighted by molar-refractivity contribution is 4.93. The molecule has 0 spiro atoms. The Morgan fingerprint density at radius 3 is 2.50 bits per heavy atom. The third-order valence-corrected chi connectivity index (χ3v) is 1.34. The van der Waals surface area contributed by atoms with E-state index in [9.17, 15) is 4.79 Å². The Kier molecular flexibility index (Phi) is 2.26. The van der Waals surface area contributed by atoms with E-state index in [-0.39, 0.29) is 5.43 Å². The van der Waals surface area contributed by atoms with Gasteiger partial charge in [-0.1, -0.05) is 6.92 Å². The maximum absolute atomic E-state index is 10.6. The summed E-state index contributed by atoms with van der Waals surface area (Å²) in [7, 11) is 0. The summed E-state index contributed by atoms with van der Waals surface area (Å²) in [5, 5.41) is 0. The van der Waals surface area contributed by atoms with Crippen LogP contribution in [0, 0.1) is 0 Å². The molecule has 0 amide bonds. The van der Waals surface area contributed by atoms with Gasteiger partial charge < -0.3 is 4.57 Å². The molecule has 0 atom stereocenters. The Balaban J connectivity index is 2.79. The van der Waals surface area contributed by atoms with Crippen molar-refractivity contribution in [1.82, 2.24) is 4.57 Å². The fourth-order valence-corrected chi connectivity index (χ4v) is 0.851. The van der Waals surface area contributed by atoms with Crippen LogP contribution < -0.4 is 5.43 Å².